The molecular formula is C7H6FNOS. The predicted molar refractivity (Wildman–Crippen MR) is 44.4 cm³/mol. The number of carbonyl (C=O) groups excluding carboxylic acids is 1. The summed E-state index contributed by atoms with van der Waals surface area (Å²) < 4.78 is 12.7. The molecule has 0 saturated heterocycles. The number of hydrogen-bond acceptors (Lipinski definition) is 1. The molecule has 58 valence electrons. The molecule has 11 heavy (non-hydrogen) atoms. The van der Waals surface area contributed by atoms with E-state index in [-0.39, 0.29) is 10.8 Å². The molecule has 0 heterocycles. The maximum absolute atomic E-state index is 12.7. The second-order valence-corrected chi connectivity index (χ2v) is 2.28. The number of carbonyl (C=O) groups is 1. The SMILES string of the molecule is O=C(S)N(F)c1ccccc1. The van der Waals surface area contributed by atoms with E-state index in [0.717, 1.165) is 0 Å². The summed E-state index contributed by atoms with van der Waals surface area (Å²) in [5, 5.41) is -0.945. The molecular weight excluding hydrogens is 165 g/mol. The van der Waals surface area contributed by atoms with Gasteiger partial charge in [0.05, 0.1) is 5.69 Å². The first-order valence-electron chi connectivity index (χ1n) is 2.95. The van der Waals surface area contributed by atoms with E-state index in [1.165, 1.54) is 12.1 Å². The lowest BCUT2D eigenvalue weighted by Crippen LogP contribution is -2.13. The maximum atomic E-state index is 12.7. The van der Waals surface area contributed by atoms with Crippen LogP contribution in [0.2, 0.25) is 0 Å². The Labute approximate surface area is 69.0 Å². The van der Waals surface area contributed by atoms with Gasteiger partial charge in [0.25, 0.3) is 0 Å². The summed E-state index contributed by atoms with van der Waals surface area (Å²) in [5.74, 6) is 0. The lowest BCUT2D eigenvalue weighted by atomic mass is 10.3. The predicted octanol–water partition coefficient (Wildman–Crippen LogP) is 2.43. The average Bonchev–Trinajstić information content (AvgIpc) is 2.05. The molecule has 1 amide bonds. The summed E-state index contributed by atoms with van der Waals surface area (Å²) in [4.78, 5) is 10.4. The largest absolute Gasteiger partial charge is 0.311 e. The summed E-state index contributed by atoms with van der Waals surface area (Å²) in [6.45, 7) is 0. The molecule has 0 radical (unpaired) electrons. The Morgan fingerprint density at radius 2 is 1.91 bits per heavy atom. The van der Waals surface area contributed by atoms with Gasteiger partial charge in [-0.3, -0.25) is 4.79 Å². The van der Waals surface area contributed by atoms with Crippen molar-refractivity contribution in [2.75, 3.05) is 5.12 Å². The second kappa shape index (κ2) is 3.39. The molecule has 0 N–H and O–H groups in total. The minimum absolute atomic E-state index is 0.0247. The highest BCUT2D eigenvalue weighted by molar-refractivity contribution is 7.96. The van der Waals surface area contributed by atoms with Crippen LogP contribution in [0.3, 0.4) is 0 Å². The van der Waals surface area contributed by atoms with Gasteiger partial charge < -0.3 is 0 Å². The highest BCUT2D eigenvalue weighted by Crippen LogP contribution is 2.14. The number of thiol groups is 1. The molecule has 0 fully saturated rings. The minimum Gasteiger partial charge on any atom is -0.259 e. The van der Waals surface area contributed by atoms with E-state index in [1.54, 1.807) is 18.2 Å². The van der Waals surface area contributed by atoms with Crippen molar-refractivity contribution in [1.82, 2.24) is 0 Å². The Balaban J connectivity index is 2.85. The van der Waals surface area contributed by atoms with E-state index in [2.05, 4.69) is 12.6 Å². The smallest absolute Gasteiger partial charge is 0.259 e. The van der Waals surface area contributed by atoms with E-state index < -0.39 is 5.24 Å². The lowest BCUT2D eigenvalue weighted by Gasteiger charge is -2.06. The summed E-state index contributed by atoms with van der Waals surface area (Å²) in [7, 11) is 0. The molecule has 0 atom stereocenters. The molecule has 0 saturated carbocycles. The zero-order chi connectivity index (χ0) is 8.27. The average molecular weight is 171 g/mol. The van der Waals surface area contributed by atoms with Crippen LogP contribution in [0.1, 0.15) is 0 Å². The molecule has 0 aromatic heterocycles. The fraction of sp³-hybridized carbons (Fsp3) is 0. The third kappa shape index (κ3) is 1.94. The molecule has 1 aromatic carbocycles. The van der Waals surface area contributed by atoms with Crippen molar-refractivity contribution in [2.45, 2.75) is 0 Å². The van der Waals surface area contributed by atoms with Crippen LogP contribution in [0, 0.1) is 0 Å². The van der Waals surface area contributed by atoms with Crippen LogP contribution in [0.15, 0.2) is 30.3 Å². The van der Waals surface area contributed by atoms with Gasteiger partial charge >= 0.3 is 5.24 Å². The van der Waals surface area contributed by atoms with Crippen LogP contribution < -0.4 is 5.12 Å². The van der Waals surface area contributed by atoms with Gasteiger partial charge in [-0.15, -0.1) is 5.12 Å². The zero-order valence-corrected chi connectivity index (χ0v) is 6.46. The lowest BCUT2D eigenvalue weighted by molar-refractivity contribution is 0.254. The van der Waals surface area contributed by atoms with Crippen molar-refractivity contribution in [3.63, 3.8) is 0 Å². The Hall–Kier alpha value is -1.03. The molecule has 0 bridgehead atoms. The highest BCUT2D eigenvalue weighted by atomic mass is 32.1. The standard InChI is InChI=1S/C7H6FNOS/c8-9(7(10)11)6-4-2-1-3-5-6/h1-5H,(H,10,11). The summed E-state index contributed by atoms with van der Waals surface area (Å²) in [5.41, 5.74) is 0.188. The van der Waals surface area contributed by atoms with Crippen LogP contribution in [-0.4, -0.2) is 5.24 Å². The van der Waals surface area contributed by atoms with Gasteiger partial charge in [-0.05, 0) is 12.1 Å². The number of halogens is 1. The Morgan fingerprint density at radius 3 is 2.36 bits per heavy atom. The van der Waals surface area contributed by atoms with Gasteiger partial charge in [0.2, 0.25) is 0 Å². The Morgan fingerprint density at radius 1 is 1.36 bits per heavy atom. The maximum Gasteiger partial charge on any atom is 0.311 e. The summed E-state index contributed by atoms with van der Waals surface area (Å²) >= 11 is 3.32. The molecule has 2 nitrogen and oxygen atoms in total. The molecule has 0 spiro atoms. The third-order valence-electron chi connectivity index (χ3n) is 1.15. The number of nitrogens with zero attached hydrogens (tertiary/aromatic N) is 1. The monoisotopic (exact) mass is 171 g/mol. The van der Waals surface area contributed by atoms with Crippen LogP contribution >= 0.6 is 12.6 Å². The van der Waals surface area contributed by atoms with Gasteiger partial charge in [-0.2, -0.15) is 0 Å². The van der Waals surface area contributed by atoms with Crippen LogP contribution in [0.5, 0.6) is 0 Å². The first-order chi connectivity index (χ1) is 5.22. The number of hydrogen-bond donors (Lipinski definition) is 1. The third-order valence-corrected chi connectivity index (χ3v) is 1.33. The van der Waals surface area contributed by atoms with E-state index in [9.17, 15) is 9.28 Å². The number of anilines is 1. The van der Waals surface area contributed by atoms with Crippen LogP contribution in [0.4, 0.5) is 15.0 Å². The van der Waals surface area contributed by atoms with Crippen molar-refractivity contribution < 1.29 is 9.28 Å². The van der Waals surface area contributed by atoms with Crippen LogP contribution in [0.25, 0.3) is 0 Å². The molecule has 4 heteroatoms. The fourth-order valence-electron chi connectivity index (χ4n) is 0.669. The minimum atomic E-state index is -0.920. The van der Waals surface area contributed by atoms with Gasteiger partial charge in [0, 0.05) is 0 Å². The molecule has 1 rings (SSSR count). The summed E-state index contributed by atoms with van der Waals surface area (Å²) in [6.07, 6.45) is 0. The molecule has 0 unspecified atom stereocenters. The molecule has 0 aliphatic carbocycles. The van der Waals surface area contributed by atoms with Gasteiger partial charge in [0.1, 0.15) is 0 Å². The zero-order valence-electron chi connectivity index (χ0n) is 5.57. The number of amides is 1. The van der Waals surface area contributed by atoms with Crippen molar-refractivity contribution in [3.05, 3.63) is 30.3 Å². The van der Waals surface area contributed by atoms with Crippen molar-refractivity contribution in [1.29, 1.82) is 0 Å². The number of rotatable bonds is 1. The van der Waals surface area contributed by atoms with Crippen molar-refractivity contribution >= 4 is 23.6 Å². The number of benzene rings is 1. The molecule has 1 aromatic rings. The summed E-state index contributed by atoms with van der Waals surface area (Å²) in [6, 6.07) is 7.97. The first kappa shape index (κ1) is 8.07. The van der Waals surface area contributed by atoms with E-state index >= 15 is 0 Å². The Bertz CT molecular complexity index is 252. The van der Waals surface area contributed by atoms with Crippen molar-refractivity contribution in [3.8, 4) is 0 Å². The van der Waals surface area contributed by atoms with E-state index in [1.807, 2.05) is 0 Å². The normalized spacial score (nSPS) is 9.27. The quantitative estimate of drug-likeness (QED) is 0.508. The molecule has 0 aliphatic rings. The Kier molecular flexibility index (Phi) is 2.48. The highest BCUT2D eigenvalue weighted by Gasteiger charge is 2.08. The van der Waals surface area contributed by atoms with Gasteiger partial charge in [0.15, 0.2) is 0 Å². The molecule has 0 aliphatic heterocycles. The fourth-order valence-corrected chi connectivity index (χ4v) is 0.785. The topological polar surface area (TPSA) is 20.3 Å². The first-order valence-corrected chi connectivity index (χ1v) is 3.40. The van der Waals surface area contributed by atoms with E-state index in [4.69, 9.17) is 0 Å². The van der Waals surface area contributed by atoms with Gasteiger partial charge in [-0.1, -0.05) is 35.3 Å². The van der Waals surface area contributed by atoms with Crippen molar-refractivity contribution in [2.24, 2.45) is 0 Å². The van der Waals surface area contributed by atoms with Crippen LogP contribution in [-0.2, 0) is 0 Å². The van der Waals surface area contributed by atoms with E-state index in [0.29, 0.717) is 0 Å². The number of para-hydroxylation sites is 1. The van der Waals surface area contributed by atoms with Gasteiger partial charge in [-0.25, -0.2) is 0 Å². The second-order valence-electron chi connectivity index (χ2n) is 1.90.